The van der Waals surface area contributed by atoms with Gasteiger partial charge in [0.25, 0.3) is 0 Å². The number of aliphatic hydroxyl groups excluding tert-OH is 1. The number of hydrogen-bond acceptors (Lipinski definition) is 4. The number of anilines is 1. The molecule has 0 amide bonds. The van der Waals surface area contributed by atoms with Crippen molar-refractivity contribution in [2.24, 2.45) is 0 Å². The van der Waals surface area contributed by atoms with E-state index in [9.17, 15) is 9.18 Å². The predicted molar refractivity (Wildman–Crippen MR) is 65.4 cm³/mol. The Balaban J connectivity index is 2.72. The number of rotatable bonds is 7. The van der Waals surface area contributed by atoms with Gasteiger partial charge >= 0.3 is 5.97 Å². The average Bonchev–Trinajstić information content (AvgIpc) is 2.34. The van der Waals surface area contributed by atoms with Gasteiger partial charge in [0.2, 0.25) is 0 Å². The van der Waals surface area contributed by atoms with Gasteiger partial charge in [0.05, 0.1) is 6.20 Å². The van der Waals surface area contributed by atoms with Crippen molar-refractivity contribution in [1.82, 2.24) is 4.98 Å². The lowest BCUT2D eigenvalue weighted by Crippen LogP contribution is -2.22. The molecule has 0 atom stereocenters. The largest absolute Gasteiger partial charge is 0.478 e. The zero-order valence-corrected chi connectivity index (χ0v) is 10.3. The second-order valence-electron chi connectivity index (χ2n) is 4.04. The molecule has 18 heavy (non-hydrogen) atoms. The van der Waals surface area contributed by atoms with Crippen molar-refractivity contribution in [3.8, 4) is 0 Å². The number of carboxylic acids is 1. The van der Waals surface area contributed by atoms with Crippen LogP contribution in [0.4, 0.5) is 10.2 Å². The fourth-order valence-corrected chi connectivity index (χ4v) is 1.64. The van der Waals surface area contributed by atoms with Crippen LogP contribution in [-0.4, -0.2) is 41.4 Å². The van der Waals surface area contributed by atoms with Gasteiger partial charge in [-0.1, -0.05) is 0 Å². The summed E-state index contributed by atoms with van der Waals surface area (Å²) in [6.45, 7) is 0.762. The van der Waals surface area contributed by atoms with E-state index >= 15 is 0 Å². The molecule has 0 radical (unpaired) electrons. The van der Waals surface area contributed by atoms with Crippen LogP contribution < -0.4 is 4.90 Å². The molecular weight excluding hydrogens is 239 g/mol. The standard InChI is InChI=1S/C12H17FN2O3/c1-15(5-3-2-4-6-16)11-10(12(17)18)7-9(13)8-14-11/h7-8,16H,2-6H2,1H3,(H,17,18). The summed E-state index contributed by atoms with van der Waals surface area (Å²) in [4.78, 5) is 16.5. The highest BCUT2D eigenvalue weighted by Gasteiger charge is 2.15. The molecule has 6 heteroatoms. The van der Waals surface area contributed by atoms with Crippen molar-refractivity contribution >= 4 is 11.8 Å². The van der Waals surface area contributed by atoms with Crippen LogP contribution >= 0.6 is 0 Å². The highest BCUT2D eigenvalue weighted by Crippen LogP contribution is 2.18. The molecule has 5 nitrogen and oxygen atoms in total. The summed E-state index contributed by atoms with van der Waals surface area (Å²) < 4.78 is 13.0. The first kappa shape index (κ1) is 14.4. The van der Waals surface area contributed by atoms with Crippen molar-refractivity contribution in [3.63, 3.8) is 0 Å². The molecule has 0 aliphatic carbocycles. The van der Waals surface area contributed by atoms with Crippen molar-refractivity contribution in [3.05, 3.63) is 23.6 Å². The van der Waals surface area contributed by atoms with Crippen molar-refractivity contribution < 1.29 is 19.4 Å². The minimum atomic E-state index is -1.20. The minimum absolute atomic E-state index is 0.139. The van der Waals surface area contributed by atoms with E-state index in [1.54, 1.807) is 11.9 Å². The van der Waals surface area contributed by atoms with Gasteiger partial charge < -0.3 is 15.1 Å². The van der Waals surface area contributed by atoms with E-state index in [4.69, 9.17) is 10.2 Å². The Morgan fingerprint density at radius 1 is 1.44 bits per heavy atom. The van der Waals surface area contributed by atoms with Gasteiger partial charge in [-0.2, -0.15) is 0 Å². The SMILES string of the molecule is CN(CCCCCO)c1ncc(F)cc1C(=O)O. The number of aromatic carboxylic acids is 1. The van der Waals surface area contributed by atoms with Crippen LogP contribution in [0, 0.1) is 5.82 Å². The summed E-state index contributed by atoms with van der Waals surface area (Å²) in [6, 6.07) is 0.967. The molecule has 1 rings (SSSR count). The zero-order valence-electron chi connectivity index (χ0n) is 10.3. The molecule has 1 heterocycles. The summed E-state index contributed by atoms with van der Waals surface area (Å²) >= 11 is 0. The third-order valence-corrected chi connectivity index (χ3v) is 2.58. The molecule has 0 unspecified atom stereocenters. The maximum Gasteiger partial charge on any atom is 0.339 e. The first-order valence-corrected chi connectivity index (χ1v) is 5.77. The van der Waals surface area contributed by atoms with Crippen LogP contribution in [0.15, 0.2) is 12.3 Å². The Morgan fingerprint density at radius 3 is 2.78 bits per heavy atom. The van der Waals surface area contributed by atoms with E-state index in [0.717, 1.165) is 31.5 Å². The number of hydrogen-bond donors (Lipinski definition) is 2. The summed E-state index contributed by atoms with van der Waals surface area (Å²) in [5.41, 5.74) is -0.139. The number of carbonyl (C=O) groups is 1. The first-order chi connectivity index (χ1) is 8.56. The molecule has 0 fully saturated rings. The van der Waals surface area contributed by atoms with Crippen LogP contribution in [0.1, 0.15) is 29.6 Å². The first-order valence-electron chi connectivity index (χ1n) is 5.77. The van der Waals surface area contributed by atoms with Crippen LogP contribution in [0.5, 0.6) is 0 Å². The van der Waals surface area contributed by atoms with Gasteiger partial charge in [0.1, 0.15) is 17.2 Å². The van der Waals surface area contributed by atoms with E-state index in [1.807, 2.05) is 0 Å². The Bertz CT molecular complexity index is 412. The van der Waals surface area contributed by atoms with E-state index in [2.05, 4.69) is 4.98 Å². The number of aromatic nitrogens is 1. The number of pyridine rings is 1. The van der Waals surface area contributed by atoms with Gasteiger partial charge in [-0.25, -0.2) is 14.2 Å². The second kappa shape index (κ2) is 6.90. The smallest absolute Gasteiger partial charge is 0.339 e. The second-order valence-corrected chi connectivity index (χ2v) is 4.04. The molecule has 1 aromatic rings. The summed E-state index contributed by atoms with van der Waals surface area (Å²) in [6.07, 6.45) is 3.39. The van der Waals surface area contributed by atoms with Crippen LogP contribution in [-0.2, 0) is 0 Å². The lowest BCUT2D eigenvalue weighted by molar-refractivity contribution is 0.0696. The monoisotopic (exact) mass is 256 g/mol. The van der Waals surface area contributed by atoms with Crippen molar-refractivity contribution in [2.45, 2.75) is 19.3 Å². The molecule has 0 saturated carbocycles. The maximum absolute atomic E-state index is 13.0. The van der Waals surface area contributed by atoms with Gasteiger partial charge in [-0.15, -0.1) is 0 Å². The molecule has 0 aromatic carbocycles. The van der Waals surface area contributed by atoms with Crippen LogP contribution in [0.25, 0.3) is 0 Å². The summed E-state index contributed by atoms with van der Waals surface area (Å²) in [7, 11) is 1.71. The third kappa shape index (κ3) is 3.96. The van der Waals surface area contributed by atoms with Gasteiger partial charge in [0.15, 0.2) is 0 Å². The average molecular weight is 256 g/mol. The zero-order chi connectivity index (χ0) is 13.5. The summed E-state index contributed by atoms with van der Waals surface area (Å²) in [5, 5.41) is 17.6. The molecule has 0 aliphatic heterocycles. The Labute approximate surface area is 105 Å². The Hall–Kier alpha value is -1.69. The lowest BCUT2D eigenvalue weighted by Gasteiger charge is -2.19. The van der Waals surface area contributed by atoms with Gasteiger partial charge in [-0.05, 0) is 25.3 Å². The maximum atomic E-state index is 13.0. The molecular formula is C12H17FN2O3. The van der Waals surface area contributed by atoms with E-state index in [-0.39, 0.29) is 18.0 Å². The number of nitrogens with zero attached hydrogens (tertiary/aromatic N) is 2. The highest BCUT2D eigenvalue weighted by atomic mass is 19.1. The minimum Gasteiger partial charge on any atom is -0.478 e. The quantitative estimate of drug-likeness (QED) is 0.723. The van der Waals surface area contributed by atoms with E-state index in [1.165, 1.54) is 0 Å². The van der Waals surface area contributed by atoms with E-state index < -0.39 is 11.8 Å². The number of carboxylic acid groups (broad SMARTS) is 1. The van der Waals surface area contributed by atoms with Gasteiger partial charge in [0, 0.05) is 20.2 Å². The molecule has 0 spiro atoms. The molecule has 2 N–H and O–H groups in total. The molecule has 1 aromatic heterocycles. The Morgan fingerprint density at radius 2 is 2.17 bits per heavy atom. The van der Waals surface area contributed by atoms with Gasteiger partial charge in [-0.3, -0.25) is 0 Å². The van der Waals surface area contributed by atoms with E-state index in [0.29, 0.717) is 6.54 Å². The lowest BCUT2D eigenvalue weighted by atomic mass is 10.2. The fourth-order valence-electron chi connectivity index (χ4n) is 1.64. The van der Waals surface area contributed by atoms with Crippen LogP contribution in [0.2, 0.25) is 0 Å². The normalized spacial score (nSPS) is 10.4. The number of unbranched alkanes of at least 4 members (excludes halogenated alkanes) is 2. The van der Waals surface area contributed by atoms with Crippen molar-refractivity contribution in [2.75, 3.05) is 25.1 Å². The molecule has 0 aliphatic rings. The highest BCUT2D eigenvalue weighted by molar-refractivity contribution is 5.93. The Kier molecular flexibility index (Phi) is 5.51. The third-order valence-electron chi connectivity index (χ3n) is 2.58. The van der Waals surface area contributed by atoms with Crippen molar-refractivity contribution in [1.29, 1.82) is 0 Å². The molecule has 0 saturated heterocycles. The van der Waals surface area contributed by atoms with Crippen LogP contribution in [0.3, 0.4) is 0 Å². The molecule has 100 valence electrons. The molecule has 0 bridgehead atoms. The predicted octanol–water partition coefficient (Wildman–Crippen LogP) is 1.52. The number of halogens is 1. The fraction of sp³-hybridized carbons (Fsp3) is 0.500. The topological polar surface area (TPSA) is 73.7 Å². The number of aliphatic hydroxyl groups is 1. The summed E-state index contributed by atoms with van der Waals surface area (Å²) in [5.74, 6) is -1.60.